The standard InChI is InChI=1S/C15H20ClNO3S/c1-2-17(11-13-7-9-20-12-13)21(18,19)10-8-14-5-3-4-6-15(14)16/h3-6,8,10,13H,2,7,9,11-12H2,1H3/b10-8-/t13-/m1/s1. The van der Waals surface area contributed by atoms with Gasteiger partial charge in [0.1, 0.15) is 0 Å². The lowest BCUT2D eigenvalue weighted by Crippen LogP contribution is -2.34. The summed E-state index contributed by atoms with van der Waals surface area (Å²) in [6, 6.07) is 7.16. The maximum absolute atomic E-state index is 12.4. The van der Waals surface area contributed by atoms with Crippen LogP contribution < -0.4 is 0 Å². The maximum Gasteiger partial charge on any atom is 0.236 e. The zero-order chi connectivity index (χ0) is 15.3. The SMILES string of the molecule is CCN(C[C@H]1CCOC1)S(=O)(=O)/C=C\c1ccccc1Cl. The highest BCUT2D eigenvalue weighted by atomic mass is 35.5. The molecular weight excluding hydrogens is 310 g/mol. The number of hydrogen-bond donors (Lipinski definition) is 0. The summed E-state index contributed by atoms with van der Waals surface area (Å²) in [7, 11) is -3.44. The van der Waals surface area contributed by atoms with Crippen LogP contribution in [0.5, 0.6) is 0 Å². The van der Waals surface area contributed by atoms with E-state index in [0.717, 1.165) is 13.0 Å². The van der Waals surface area contributed by atoms with E-state index in [2.05, 4.69) is 0 Å². The molecule has 1 aromatic rings. The lowest BCUT2D eigenvalue weighted by atomic mass is 10.1. The molecule has 1 aliphatic rings. The molecule has 4 nitrogen and oxygen atoms in total. The third kappa shape index (κ3) is 4.54. The van der Waals surface area contributed by atoms with Crippen LogP contribution in [0.1, 0.15) is 18.9 Å². The molecular formula is C15H20ClNO3S. The van der Waals surface area contributed by atoms with Crippen LogP contribution in [0.15, 0.2) is 29.7 Å². The third-order valence-electron chi connectivity index (χ3n) is 3.52. The van der Waals surface area contributed by atoms with Crippen LogP contribution in [0.2, 0.25) is 5.02 Å². The average molecular weight is 330 g/mol. The van der Waals surface area contributed by atoms with Gasteiger partial charge in [-0.25, -0.2) is 8.42 Å². The minimum atomic E-state index is -3.44. The Bertz CT molecular complexity index is 595. The van der Waals surface area contributed by atoms with Gasteiger partial charge in [-0.15, -0.1) is 0 Å². The number of nitrogens with zero attached hydrogens (tertiary/aromatic N) is 1. The van der Waals surface area contributed by atoms with Gasteiger partial charge in [0.05, 0.1) is 6.61 Å². The summed E-state index contributed by atoms with van der Waals surface area (Å²) in [6.45, 7) is 4.16. The molecule has 0 aliphatic carbocycles. The van der Waals surface area contributed by atoms with E-state index in [0.29, 0.717) is 30.3 Å². The van der Waals surface area contributed by atoms with Crippen molar-refractivity contribution in [3.8, 4) is 0 Å². The minimum Gasteiger partial charge on any atom is -0.381 e. The first-order valence-electron chi connectivity index (χ1n) is 7.03. The summed E-state index contributed by atoms with van der Waals surface area (Å²) >= 11 is 6.03. The van der Waals surface area contributed by atoms with E-state index in [1.165, 1.54) is 9.71 Å². The highest BCUT2D eigenvalue weighted by Crippen LogP contribution is 2.19. The Balaban J connectivity index is 2.10. The van der Waals surface area contributed by atoms with Crippen LogP contribution in [0.4, 0.5) is 0 Å². The van der Waals surface area contributed by atoms with Gasteiger partial charge in [-0.1, -0.05) is 36.7 Å². The topological polar surface area (TPSA) is 46.6 Å². The van der Waals surface area contributed by atoms with Crippen molar-refractivity contribution in [3.63, 3.8) is 0 Å². The Morgan fingerprint density at radius 1 is 1.43 bits per heavy atom. The lowest BCUT2D eigenvalue weighted by molar-refractivity contribution is 0.181. The summed E-state index contributed by atoms with van der Waals surface area (Å²) < 4.78 is 31.6. The molecule has 0 saturated carbocycles. The van der Waals surface area contributed by atoms with E-state index >= 15 is 0 Å². The Morgan fingerprint density at radius 3 is 2.81 bits per heavy atom. The monoisotopic (exact) mass is 329 g/mol. The molecule has 0 spiro atoms. The molecule has 116 valence electrons. The van der Waals surface area contributed by atoms with E-state index in [1.807, 2.05) is 19.1 Å². The van der Waals surface area contributed by atoms with Crippen LogP contribution in [-0.4, -0.2) is 39.0 Å². The second-order valence-electron chi connectivity index (χ2n) is 5.05. The molecule has 1 saturated heterocycles. The van der Waals surface area contributed by atoms with Gasteiger partial charge < -0.3 is 4.74 Å². The maximum atomic E-state index is 12.4. The van der Waals surface area contributed by atoms with Gasteiger partial charge in [0, 0.05) is 30.1 Å². The Kier molecular flexibility index (Phi) is 5.81. The van der Waals surface area contributed by atoms with Crippen molar-refractivity contribution in [3.05, 3.63) is 40.3 Å². The largest absolute Gasteiger partial charge is 0.381 e. The van der Waals surface area contributed by atoms with Crippen LogP contribution >= 0.6 is 11.6 Å². The molecule has 0 radical (unpaired) electrons. The fourth-order valence-corrected chi connectivity index (χ4v) is 3.75. The van der Waals surface area contributed by atoms with Gasteiger partial charge in [0.25, 0.3) is 0 Å². The summed E-state index contributed by atoms with van der Waals surface area (Å²) in [4.78, 5) is 0. The minimum absolute atomic E-state index is 0.286. The van der Waals surface area contributed by atoms with E-state index in [-0.39, 0.29) is 5.92 Å². The van der Waals surface area contributed by atoms with Crippen LogP contribution in [0.3, 0.4) is 0 Å². The van der Waals surface area contributed by atoms with Crippen molar-refractivity contribution < 1.29 is 13.2 Å². The molecule has 1 aromatic carbocycles. The summed E-state index contributed by atoms with van der Waals surface area (Å²) in [6.07, 6.45) is 2.46. The predicted molar refractivity (Wildman–Crippen MR) is 85.6 cm³/mol. The Labute approximate surface area is 131 Å². The van der Waals surface area contributed by atoms with Gasteiger partial charge in [-0.05, 0) is 30.0 Å². The predicted octanol–water partition coefficient (Wildman–Crippen LogP) is 3.00. The second kappa shape index (κ2) is 7.40. The number of rotatable bonds is 6. The van der Waals surface area contributed by atoms with Gasteiger partial charge >= 0.3 is 0 Å². The zero-order valence-corrected chi connectivity index (χ0v) is 13.6. The van der Waals surface area contributed by atoms with Crippen molar-refractivity contribution in [2.24, 2.45) is 5.92 Å². The van der Waals surface area contributed by atoms with Crippen LogP contribution in [0.25, 0.3) is 6.08 Å². The molecule has 1 aliphatic heterocycles. The van der Waals surface area contributed by atoms with Crippen LogP contribution in [-0.2, 0) is 14.8 Å². The van der Waals surface area contributed by atoms with Gasteiger partial charge in [-0.2, -0.15) is 4.31 Å². The van der Waals surface area contributed by atoms with Crippen molar-refractivity contribution in [2.45, 2.75) is 13.3 Å². The first kappa shape index (κ1) is 16.5. The van der Waals surface area contributed by atoms with Gasteiger partial charge in [-0.3, -0.25) is 0 Å². The summed E-state index contributed by atoms with van der Waals surface area (Å²) in [5.41, 5.74) is 0.697. The molecule has 0 aromatic heterocycles. The second-order valence-corrected chi connectivity index (χ2v) is 7.28. The number of ether oxygens (including phenoxy) is 1. The normalized spacial score (nSPS) is 19.7. The van der Waals surface area contributed by atoms with Gasteiger partial charge in [0.15, 0.2) is 0 Å². The molecule has 0 unspecified atom stereocenters. The van der Waals surface area contributed by atoms with Gasteiger partial charge in [0.2, 0.25) is 10.0 Å². The smallest absolute Gasteiger partial charge is 0.236 e. The van der Waals surface area contributed by atoms with E-state index in [4.69, 9.17) is 16.3 Å². The Morgan fingerprint density at radius 2 is 2.19 bits per heavy atom. The first-order valence-corrected chi connectivity index (χ1v) is 8.91. The number of sulfonamides is 1. The molecule has 1 atom stereocenters. The van der Waals surface area contributed by atoms with E-state index in [9.17, 15) is 8.42 Å². The summed E-state index contributed by atoms with van der Waals surface area (Å²) in [5, 5.41) is 1.77. The molecule has 1 fully saturated rings. The van der Waals surface area contributed by atoms with Crippen molar-refractivity contribution >= 4 is 27.7 Å². The lowest BCUT2D eigenvalue weighted by Gasteiger charge is -2.21. The van der Waals surface area contributed by atoms with E-state index in [1.54, 1.807) is 18.2 Å². The first-order chi connectivity index (χ1) is 10.0. The molecule has 6 heteroatoms. The zero-order valence-electron chi connectivity index (χ0n) is 12.0. The van der Waals surface area contributed by atoms with Crippen molar-refractivity contribution in [2.75, 3.05) is 26.3 Å². The summed E-state index contributed by atoms with van der Waals surface area (Å²) in [5.74, 6) is 0.286. The van der Waals surface area contributed by atoms with Crippen LogP contribution in [0, 0.1) is 5.92 Å². The quantitative estimate of drug-likeness (QED) is 0.806. The molecule has 2 rings (SSSR count). The fraction of sp³-hybridized carbons (Fsp3) is 0.467. The molecule has 1 heterocycles. The van der Waals surface area contributed by atoms with E-state index < -0.39 is 10.0 Å². The van der Waals surface area contributed by atoms with Crippen molar-refractivity contribution in [1.29, 1.82) is 0 Å². The highest BCUT2D eigenvalue weighted by Gasteiger charge is 2.24. The fourth-order valence-electron chi connectivity index (χ4n) is 2.28. The highest BCUT2D eigenvalue weighted by molar-refractivity contribution is 7.92. The molecule has 0 N–H and O–H groups in total. The molecule has 0 amide bonds. The Hall–Kier alpha value is -0.880. The molecule has 0 bridgehead atoms. The molecule has 21 heavy (non-hydrogen) atoms. The number of benzene rings is 1. The number of hydrogen-bond acceptors (Lipinski definition) is 3. The third-order valence-corrected chi connectivity index (χ3v) is 5.47. The number of halogens is 1. The van der Waals surface area contributed by atoms with Crippen molar-refractivity contribution in [1.82, 2.24) is 4.31 Å². The average Bonchev–Trinajstić information content (AvgIpc) is 2.97.